The number of rotatable bonds is 4. The fourth-order valence-corrected chi connectivity index (χ4v) is 4.80. The number of aromatic nitrogens is 5. The number of likely N-dealkylation sites (N-methyl/N-ethyl adjacent to an activating group) is 1. The zero-order chi connectivity index (χ0) is 24.0. The molecule has 5 rings (SSSR count). The fraction of sp³-hybridized carbons (Fsp3) is 0.500. The number of hydrogen-bond acceptors (Lipinski definition) is 8. The number of aliphatic hydroxyl groups is 1. The highest BCUT2D eigenvalue weighted by Gasteiger charge is 2.30. The van der Waals surface area contributed by atoms with E-state index in [1.54, 1.807) is 16.7 Å². The van der Waals surface area contributed by atoms with Crippen molar-refractivity contribution in [1.29, 1.82) is 0 Å². The lowest BCUT2D eigenvalue weighted by molar-refractivity contribution is 0.0423. The van der Waals surface area contributed by atoms with Crippen LogP contribution >= 0.6 is 0 Å². The molecule has 1 atom stereocenters. The van der Waals surface area contributed by atoms with Gasteiger partial charge in [0.25, 0.3) is 0 Å². The second-order valence-electron chi connectivity index (χ2n) is 9.24. The Morgan fingerprint density at radius 1 is 1.12 bits per heavy atom. The lowest BCUT2D eigenvalue weighted by Gasteiger charge is -2.33. The number of nitrogens with zero attached hydrogens (tertiary/aromatic N) is 7. The molecule has 10 nitrogen and oxygen atoms in total. The minimum absolute atomic E-state index is 0.0931. The van der Waals surface area contributed by atoms with Crippen LogP contribution in [0.1, 0.15) is 45.6 Å². The van der Waals surface area contributed by atoms with Gasteiger partial charge in [0.05, 0.1) is 17.8 Å². The van der Waals surface area contributed by atoms with Gasteiger partial charge in [-0.05, 0) is 45.1 Å². The molecule has 34 heavy (non-hydrogen) atoms. The van der Waals surface area contributed by atoms with Gasteiger partial charge in [-0.2, -0.15) is 10.2 Å². The van der Waals surface area contributed by atoms with Crippen LogP contribution in [0.4, 0.5) is 5.82 Å². The van der Waals surface area contributed by atoms with Crippen LogP contribution in [0.25, 0.3) is 22.2 Å². The Balaban J connectivity index is 1.37. The summed E-state index contributed by atoms with van der Waals surface area (Å²) in [4.78, 5) is 4.53. The molecule has 3 aromatic rings. The summed E-state index contributed by atoms with van der Waals surface area (Å²) in [5.41, 5.74) is 4.76. The van der Waals surface area contributed by atoms with Gasteiger partial charge in [-0.3, -0.25) is 14.4 Å². The number of ether oxygens (including phenoxy) is 1. The Morgan fingerprint density at radius 3 is 2.56 bits per heavy atom. The number of pyridine rings is 1. The zero-order valence-electron chi connectivity index (χ0n) is 20.4. The standard InChI is InChI=1S/C24H32N8O2/c1-14-15(2)24(33)31(5)29-23(14)34-18-8-6-17(7-9-18)32-20-10-21(25-3)26-12-19(20)22(28-32)16-11-27-30(4)13-16/h10-13,17-18,24,33H,6-9H2,1-5H3,(H,25,26). The summed E-state index contributed by atoms with van der Waals surface area (Å²) in [5.74, 6) is 1.43. The van der Waals surface area contributed by atoms with Crippen molar-refractivity contribution in [3.63, 3.8) is 0 Å². The number of hydrazone groups is 1. The van der Waals surface area contributed by atoms with Crippen molar-refractivity contribution in [2.45, 2.75) is 57.9 Å². The predicted molar refractivity (Wildman–Crippen MR) is 131 cm³/mol. The number of anilines is 1. The SMILES string of the molecule is CNc1cc2c(cn1)c(-c1cnn(C)c1)nn2C1CCC(OC2=NN(C)C(O)C(C)=C2C)CC1. The van der Waals surface area contributed by atoms with Gasteiger partial charge in [-0.25, -0.2) is 4.98 Å². The van der Waals surface area contributed by atoms with Gasteiger partial charge >= 0.3 is 0 Å². The lowest BCUT2D eigenvalue weighted by atomic mass is 9.92. The average molecular weight is 465 g/mol. The minimum Gasteiger partial charge on any atom is -0.473 e. The highest BCUT2D eigenvalue weighted by Crippen LogP contribution is 2.36. The normalized spacial score (nSPS) is 23.4. The Hall–Kier alpha value is -3.40. The van der Waals surface area contributed by atoms with E-state index in [-0.39, 0.29) is 12.1 Å². The summed E-state index contributed by atoms with van der Waals surface area (Å²) >= 11 is 0. The largest absolute Gasteiger partial charge is 0.473 e. The molecule has 0 amide bonds. The van der Waals surface area contributed by atoms with E-state index in [0.29, 0.717) is 5.90 Å². The van der Waals surface area contributed by atoms with Gasteiger partial charge in [0.15, 0.2) is 6.23 Å². The maximum Gasteiger partial charge on any atom is 0.234 e. The van der Waals surface area contributed by atoms with E-state index in [2.05, 4.69) is 31.2 Å². The average Bonchev–Trinajstić information content (AvgIpc) is 3.44. The minimum atomic E-state index is -0.692. The molecular weight excluding hydrogens is 432 g/mol. The number of nitrogens with one attached hydrogen (secondary N) is 1. The van der Waals surface area contributed by atoms with Crippen molar-refractivity contribution in [3.05, 3.63) is 35.8 Å². The van der Waals surface area contributed by atoms with Crippen molar-refractivity contribution < 1.29 is 9.84 Å². The Labute approximate surface area is 198 Å². The first-order valence-electron chi connectivity index (χ1n) is 11.7. The number of hydrogen-bond donors (Lipinski definition) is 2. The molecule has 180 valence electrons. The highest BCUT2D eigenvalue weighted by molar-refractivity contribution is 5.94. The molecule has 10 heteroatoms. The van der Waals surface area contributed by atoms with E-state index in [0.717, 1.165) is 64.8 Å². The molecule has 1 fully saturated rings. The van der Waals surface area contributed by atoms with Crippen LogP contribution in [0, 0.1) is 0 Å². The topological polar surface area (TPSA) is 106 Å². The molecule has 4 heterocycles. The molecule has 3 aromatic heterocycles. The van der Waals surface area contributed by atoms with Gasteiger partial charge in [-0.1, -0.05) is 0 Å². The van der Waals surface area contributed by atoms with Gasteiger partial charge < -0.3 is 15.2 Å². The molecule has 0 radical (unpaired) electrons. The van der Waals surface area contributed by atoms with Gasteiger partial charge in [0.2, 0.25) is 5.90 Å². The first kappa shape index (κ1) is 22.4. The van der Waals surface area contributed by atoms with E-state index < -0.39 is 6.23 Å². The predicted octanol–water partition coefficient (Wildman–Crippen LogP) is 3.29. The first-order chi connectivity index (χ1) is 16.4. The van der Waals surface area contributed by atoms with Crippen molar-refractivity contribution in [2.24, 2.45) is 12.1 Å². The summed E-state index contributed by atoms with van der Waals surface area (Å²) < 4.78 is 10.3. The first-order valence-corrected chi connectivity index (χ1v) is 11.7. The smallest absolute Gasteiger partial charge is 0.234 e. The molecular formula is C24H32N8O2. The Morgan fingerprint density at radius 2 is 1.88 bits per heavy atom. The third-order valence-corrected chi connectivity index (χ3v) is 7.00. The third-order valence-electron chi connectivity index (χ3n) is 7.00. The zero-order valence-corrected chi connectivity index (χ0v) is 20.4. The van der Waals surface area contributed by atoms with Crippen LogP contribution in [0.5, 0.6) is 0 Å². The summed E-state index contributed by atoms with van der Waals surface area (Å²) in [5, 5.41) is 29.7. The van der Waals surface area contributed by atoms with Crippen LogP contribution in [0.3, 0.4) is 0 Å². The lowest BCUT2D eigenvalue weighted by Crippen LogP contribution is -2.36. The van der Waals surface area contributed by atoms with E-state index in [4.69, 9.17) is 9.84 Å². The fourth-order valence-electron chi connectivity index (χ4n) is 4.80. The molecule has 1 aliphatic carbocycles. The number of aryl methyl sites for hydroxylation is 1. The Kier molecular flexibility index (Phi) is 5.76. The molecule has 0 spiro atoms. The van der Waals surface area contributed by atoms with Crippen molar-refractivity contribution >= 4 is 22.6 Å². The quantitative estimate of drug-likeness (QED) is 0.610. The summed E-state index contributed by atoms with van der Waals surface area (Å²) in [6.45, 7) is 3.88. The van der Waals surface area contributed by atoms with Crippen molar-refractivity contribution in [3.8, 4) is 11.3 Å². The van der Waals surface area contributed by atoms with Gasteiger partial charge in [0, 0.05) is 56.1 Å². The highest BCUT2D eigenvalue weighted by atomic mass is 16.5. The summed E-state index contributed by atoms with van der Waals surface area (Å²) in [7, 11) is 5.55. The second kappa shape index (κ2) is 8.75. The summed E-state index contributed by atoms with van der Waals surface area (Å²) in [6, 6.07) is 2.34. The maximum absolute atomic E-state index is 10.2. The molecule has 0 aromatic carbocycles. The van der Waals surface area contributed by atoms with E-state index in [1.807, 2.05) is 46.5 Å². The Bertz CT molecular complexity index is 1270. The van der Waals surface area contributed by atoms with Crippen LogP contribution < -0.4 is 5.32 Å². The monoisotopic (exact) mass is 464 g/mol. The number of fused-ring (bicyclic) bond motifs is 1. The van der Waals surface area contributed by atoms with E-state index >= 15 is 0 Å². The maximum atomic E-state index is 10.2. The molecule has 1 unspecified atom stereocenters. The van der Waals surface area contributed by atoms with Crippen LogP contribution in [0.15, 0.2) is 40.9 Å². The molecule has 2 N–H and O–H groups in total. The van der Waals surface area contributed by atoms with Crippen LogP contribution in [0.2, 0.25) is 0 Å². The molecule has 0 saturated heterocycles. The molecule has 2 aliphatic rings. The third kappa shape index (κ3) is 3.91. The molecule has 1 saturated carbocycles. The van der Waals surface area contributed by atoms with Crippen LogP contribution in [-0.4, -0.2) is 67.0 Å². The second-order valence-corrected chi connectivity index (χ2v) is 9.24. The van der Waals surface area contributed by atoms with Crippen LogP contribution in [-0.2, 0) is 11.8 Å². The van der Waals surface area contributed by atoms with E-state index in [1.165, 1.54) is 0 Å². The summed E-state index contributed by atoms with van der Waals surface area (Å²) in [6.07, 6.45) is 8.87. The van der Waals surface area contributed by atoms with Gasteiger partial charge in [-0.15, -0.1) is 5.10 Å². The molecule has 0 bridgehead atoms. The van der Waals surface area contributed by atoms with Crippen molar-refractivity contribution in [2.75, 3.05) is 19.4 Å². The van der Waals surface area contributed by atoms with E-state index in [9.17, 15) is 5.11 Å². The number of aliphatic hydroxyl groups excluding tert-OH is 1. The van der Waals surface area contributed by atoms with Crippen molar-refractivity contribution in [1.82, 2.24) is 29.6 Å². The molecule has 1 aliphatic heterocycles. The van der Waals surface area contributed by atoms with Gasteiger partial charge in [0.1, 0.15) is 17.6 Å².